The number of hydrogen-bond donors (Lipinski definition) is 1. The Morgan fingerprint density at radius 1 is 0.812 bits per heavy atom. The second-order valence-electron chi connectivity index (χ2n) is 8.75. The highest BCUT2D eigenvalue weighted by atomic mass is 16.5. The van der Waals surface area contributed by atoms with Gasteiger partial charge in [0.1, 0.15) is 6.10 Å². The zero-order valence-corrected chi connectivity index (χ0v) is 20.2. The van der Waals surface area contributed by atoms with E-state index >= 15 is 0 Å². The molecule has 32 heavy (non-hydrogen) atoms. The summed E-state index contributed by atoms with van der Waals surface area (Å²) in [7, 11) is 0. The lowest BCUT2D eigenvalue weighted by atomic mass is 10.0. The molecule has 0 heterocycles. The molecule has 1 rings (SSSR count). The van der Waals surface area contributed by atoms with Crippen molar-refractivity contribution in [3.05, 3.63) is 35.9 Å². The molecule has 0 aliphatic heterocycles. The molecule has 0 amide bonds. The van der Waals surface area contributed by atoms with Crippen LogP contribution in [0.2, 0.25) is 0 Å². The summed E-state index contributed by atoms with van der Waals surface area (Å²) in [5, 5.41) is 8.75. The highest BCUT2D eigenvalue weighted by molar-refractivity contribution is 5.67. The summed E-state index contributed by atoms with van der Waals surface area (Å²) in [6.07, 6.45) is 14.3. The van der Waals surface area contributed by atoms with E-state index in [1.165, 1.54) is 51.0 Å². The van der Waals surface area contributed by atoms with Crippen molar-refractivity contribution >= 4 is 11.9 Å². The van der Waals surface area contributed by atoms with Crippen molar-refractivity contribution in [1.82, 2.24) is 0 Å². The van der Waals surface area contributed by atoms with Crippen LogP contribution in [0.25, 0.3) is 0 Å². The number of carboxylic acids is 1. The number of carbonyl (C=O) groups excluding carboxylic acids is 1. The number of benzene rings is 1. The summed E-state index contributed by atoms with van der Waals surface area (Å²) in [5.74, 6) is -1.07. The van der Waals surface area contributed by atoms with E-state index in [2.05, 4.69) is 31.2 Å². The summed E-state index contributed by atoms with van der Waals surface area (Å²) in [5.41, 5.74) is 1.24. The Bertz CT molecular complexity index is 601. The van der Waals surface area contributed by atoms with Crippen LogP contribution < -0.4 is 0 Å². The van der Waals surface area contributed by atoms with Crippen molar-refractivity contribution in [3.63, 3.8) is 0 Å². The number of aliphatic carboxylic acids is 1. The van der Waals surface area contributed by atoms with Crippen LogP contribution in [-0.2, 0) is 25.7 Å². The lowest BCUT2D eigenvalue weighted by molar-refractivity contribution is -0.147. The van der Waals surface area contributed by atoms with Crippen molar-refractivity contribution in [2.24, 2.45) is 0 Å². The van der Waals surface area contributed by atoms with Gasteiger partial charge in [-0.15, -0.1) is 0 Å². The van der Waals surface area contributed by atoms with E-state index in [4.69, 9.17) is 14.6 Å². The van der Waals surface area contributed by atoms with Crippen molar-refractivity contribution in [2.45, 2.75) is 123 Å². The van der Waals surface area contributed by atoms with Crippen LogP contribution in [0.3, 0.4) is 0 Å². The van der Waals surface area contributed by atoms with E-state index in [1.54, 1.807) is 0 Å². The third kappa shape index (κ3) is 15.9. The molecule has 0 aromatic heterocycles. The molecule has 0 fully saturated rings. The predicted octanol–water partition coefficient (Wildman–Crippen LogP) is 7.07. The van der Waals surface area contributed by atoms with Gasteiger partial charge in [-0.25, -0.2) is 0 Å². The highest BCUT2D eigenvalue weighted by Gasteiger charge is 2.12. The van der Waals surface area contributed by atoms with E-state index in [0.29, 0.717) is 25.6 Å². The maximum absolute atomic E-state index is 11.2. The van der Waals surface area contributed by atoms with Gasteiger partial charge in [-0.05, 0) is 44.1 Å². The summed E-state index contributed by atoms with van der Waals surface area (Å²) >= 11 is 0. The van der Waals surface area contributed by atoms with Gasteiger partial charge in [-0.3, -0.25) is 9.59 Å². The van der Waals surface area contributed by atoms with Crippen LogP contribution in [-0.4, -0.2) is 29.3 Å². The Hall–Kier alpha value is -1.88. The normalized spacial score (nSPS) is 12.9. The molecule has 0 aliphatic carbocycles. The van der Waals surface area contributed by atoms with Crippen LogP contribution in [0.15, 0.2) is 30.3 Å². The summed E-state index contributed by atoms with van der Waals surface area (Å²) in [6, 6.07) is 10.4. The number of carbonyl (C=O) groups is 2. The monoisotopic (exact) mass is 448 g/mol. The topological polar surface area (TPSA) is 72.8 Å². The van der Waals surface area contributed by atoms with Gasteiger partial charge in [0.25, 0.3) is 0 Å². The number of ether oxygens (including phenoxy) is 2. The number of unbranched alkanes of at least 4 members (excludes halogenated alkanes) is 7. The smallest absolute Gasteiger partial charge is 0.303 e. The first-order chi connectivity index (χ1) is 15.5. The van der Waals surface area contributed by atoms with Gasteiger partial charge in [-0.1, -0.05) is 82.2 Å². The van der Waals surface area contributed by atoms with Crippen molar-refractivity contribution in [1.29, 1.82) is 0 Å². The third-order valence-electron chi connectivity index (χ3n) is 5.84. The average molecular weight is 449 g/mol. The number of hydrogen-bond acceptors (Lipinski definition) is 4. The maximum Gasteiger partial charge on any atom is 0.303 e. The summed E-state index contributed by atoms with van der Waals surface area (Å²) < 4.78 is 11.4. The number of rotatable bonds is 20. The SMILES string of the molecule is CCC(CCCCCCCCCCC(CCCC(=O)O)OC(C)=O)OCc1ccccc1. The standard InChI is InChI=1S/C27H44O5/c1-3-25(31-22-24-16-11-10-12-17-24)18-13-8-6-4-5-7-9-14-19-26(32-23(2)28)20-15-21-27(29)30/h10-12,16-17,25-26H,3-9,13-15,18-22H2,1-2H3,(H,29,30). The fraction of sp³-hybridized carbons (Fsp3) is 0.704. The Morgan fingerprint density at radius 2 is 1.34 bits per heavy atom. The molecule has 1 N–H and O–H groups in total. The molecule has 5 nitrogen and oxygen atoms in total. The number of carboxylic acid groups (broad SMARTS) is 1. The minimum atomic E-state index is -0.795. The zero-order chi connectivity index (χ0) is 23.4. The van der Waals surface area contributed by atoms with E-state index in [-0.39, 0.29) is 18.5 Å². The Kier molecular flexibility index (Phi) is 16.4. The summed E-state index contributed by atoms with van der Waals surface area (Å²) in [6.45, 7) is 4.33. The zero-order valence-electron chi connectivity index (χ0n) is 20.2. The van der Waals surface area contributed by atoms with Gasteiger partial charge in [0, 0.05) is 13.3 Å². The van der Waals surface area contributed by atoms with Crippen LogP contribution in [0.5, 0.6) is 0 Å². The van der Waals surface area contributed by atoms with E-state index in [1.807, 2.05) is 6.07 Å². The van der Waals surface area contributed by atoms with Crippen LogP contribution in [0.4, 0.5) is 0 Å². The lowest BCUT2D eigenvalue weighted by Crippen LogP contribution is -2.16. The lowest BCUT2D eigenvalue weighted by Gasteiger charge is -2.16. The fourth-order valence-corrected chi connectivity index (χ4v) is 3.98. The van der Waals surface area contributed by atoms with Gasteiger partial charge >= 0.3 is 11.9 Å². The molecule has 0 aliphatic rings. The van der Waals surface area contributed by atoms with Gasteiger partial charge in [0.15, 0.2) is 0 Å². The molecule has 2 unspecified atom stereocenters. The molecule has 0 spiro atoms. The van der Waals surface area contributed by atoms with Crippen molar-refractivity contribution < 1.29 is 24.2 Å². The molecule has 0 radical (unpaired) electrons. The van der Waals surface area contributed by atoms with Crippen LogP contribution in [0, 0.1) is 0 Å². The van der Waals surface area contributed by atoms with Gasteiger partial charge in [-0.2, -0.15) is 0 Å². The largest absolute Gasteiger partial charge is 0.481 e. The minimum absolute atomic E-state index is 0.135. The van der Waals surface area contributed by atoms with Crippen molar-refractivity contribution in [3.8, 4) is 0 Å². The highest BCUT2D eigenvalue weighted by Crippen LogP contribution is 2.17. The fourth-order valence-electron chi connectivity index (χ4n) is 3.98. The maximum atomic E-state index is 11.2. The molecule has 182 valence electrons. The molecule has 0 saturated carbocycles. The second kappa shape index (κ2) is 18.7. The summed E-state index contributed by atoms with van der Waals surface area (Å²) in [4.78, 5) is 21.9. The van der Waals surface area contributed by atoms with Crippen LogP contribution in [0.1, 0.15) is 109 Å². The molecule has 1 aromatic rings. The number of esters is 1. The van der Waals surface area contributed by atoms with Crippen LogP contribution >= 0.6 is 0 Å². The second-order valence-corrected chi connectivity index (χ2v) is 8.75. The first-order valence-corrected chi connectivity index (χ1v) is 12.6. The Labute approximate surface area is 194 Å². The van der Waals surface area contributed by atoms with Gasteiger partial charge in [0.2, 0.25) is 0 Å². The third-order valence-corrected chi connectivity index (χ3v) is 5.84. The molecular formula is C27H44O5. The van der Waals surface area contributed by atoms with Gasteiger partial charge < -0.3 is 14.6 Å². The molecule has 0 bridgehead atoms. The Balaban J connectivity index is 2.00. The van der Waals surface area contributed by atoms with Gasteiger partial charge in [0.05, 0.1) is 12.7 Å². The minimum Gasteiger partial charge on any atom is -0.481 e. The molecule has 2 atom stereocenters. The first kappa shape index (κ1) is 28.2. The quantitative estimate of drug-likeness (QED) is 0.171. The van der Waals surface area contributed by atoms with E-state index in [9.17, 15) is 9.59 Å². The predicted molar refractivity (Wildman–Crippen MR) is 129 cm³/mol. The molecular weight excluding hydrogens is 404 g/mol. The average Bonchev–Trinajstić information content (AvgIpc) is 2.77. The molecule has 5 heteroatoms. The first-order valence-electron chi connectivity index (χ1n) is 12.6. The molecule has 1 aromatic carbocycles. The van der Waals surface area contributed by atoms with E-state index in [0.717, 1.165) is 32.1 Å². The van der Waals surface area contributed by atoms with Crippen molar-refractivity contribution in [2.75, 3.05) is 0 Å². The van der Waals surface area contributed by atoms with E-state index < -0.39 is 5.97 Å². The Morgan fingerprint density at radius 3 is 1.88 bits per heavy atom. The molecule has 0 saturated heterocycles.